The van der Waals surface area contributed by atoms with Gasteiger partial charge in [0, 0.05) is 28.0 Å². The molecule has 0 aliphatic heterocycles. The highest BCUT2D eigenvalue weighted by Gasteiger charge is 2.19. The number of anilines is 1. The second-order valence-electron chi connectivity index (χ2n) is 6.05. The molecule has 0 amide bonds. The van der Waals surface area contributed by atoms with Gasteiger partial charge < -0.3 is 14.8 Å². The number of nitro groups is 1. The summed E-state index contributed by atoms with van der Waals surface area (Å²) in [6, 6.07) is 4.55. The van der Waals surface area contributed by atoms with Crippen molar-refractivity contribution in [1.29, 1.82) is 0 Å². The Labute approximate surface area is 161 Å². The van der Waals surface area contributed by atoms with E-state index in [1.54, 1.807) is 17.8 Å². The molecule has 9 heteroatoms. The number of benzene rings is 1. The minimum Gasteiger partial charge on any atom is -0.466 e. The molecule has 0 unspecified atom stereocenters. The number of methoxy groups -OCH3 is 2. The van der Waals surface area contributed by atoms with Crippen LogP contribution in [0.1, 0.15) is 32.1 Å². The summed E-state index contributed by atoms with van der Waals surface area (Å²) in [6.45, 7) is 0. The lowest BCUT2D eigenvalue weighted by atomic mass is 10.0. The van der Waals surface area contributed by atoms with Gasteiger partial charge in [-0.1, -0.05) is 19.3 Å². The molecule has 0 aromatic heterocycles. The van der Waals surface area contributed by atoms with E-state index in [0.29, 0.717) is 10.9 Å². The highest BCUT2D eigenvalue weighted by molar-refractivity contribution is 8.00. The molecule has 0 atom stereocenters. The predicted molar refractivity (Wildman–Crippen MR) is 102 cm³/mol. The Kier molecular flexibility index (Phi) is 7.66. The lowest BCUT2D eigenvalue weighted by Crippen LogP contribution is -2.15. The van der Waals surface area contributed by atoms with Crippen LogP contribution in [0.25, 0.3) is 0 Å². The maximum absolute atomic E-state index is 11.9. The van der Waals surface area contributed by atoms with E-state index in [-0.39, 0.29) is 11.4 Å². The van der Waals surface area contributed by atoms with Gasteiger partial charge in [0.15, 0.2) is 0 Å². The van der Waals surface area contributed by atoms with Gasteiger partial charge in [-0.25, -0.2) is 9.59 Å². The van der Waals surface area contributed by atoms with Gasteiger partial charge in [0.2, 0.25) is 0 Å². The number of thioether (sulfide) groups is 1. The predicted octanol–water partition coefficient (Wildman–Crippen LogP) is 3.66. The van der Waals surface area contributed by atoms with Crippen LogP contribution in [0, 0.1) is 10.1 Å². The average molecular weight is 394 g/mol. The SMILES string of the molecule is COC(=O)/C=C(/Nc1cc(SC2CCCCC2)cc([N+](=O)[O-])c1)C(=O)OC. The Morgan fingerprint density at radius 3 is 2.48 bits per heavy atom. The lowest BCUT2D eigenvalue weighted by Gasteiger charge is -2.21. The molecular formula is C18H22N2O6S. The minimum absolute atomic E-state index is 0.0967. The number of nitrogens with zero attached hydrogens (tertiary/aromatic N) is 1. The number of carbonyl (C=O) groups is 2. The number of ether oxygens (including phenoxy) is 2. The first-order valence-corrected chi connectivity index (χ1v) is 9.42. The number of rotatable bonds is 7. The number of esters is 2. The van der Waals surface area contributed by atoms with Crippen molar-refractivity contribution in [3.8, 4) is 0 Å². The number of nitrogens with one attached hydrogen (secondary N) is 1. The van der Waals surface area contributed by atoms with Gasteiger partial charge in [0.25, 0.3) is 5.69 Å². The fraction of sp³-hybridized carbons (Fsp3) is 0.444. The van der Waals surface area contributed by atoms with E-state index in [1.165, 1.54) is 32.8 Å². The average Bonchev–Trinajstić information content (AvgIpc) is 2.67. The zero-order chi connectivity index (χ0) is 19.8. The summed E-state index contributed by atoms with van der Waals surface area (Å²) in [6.07, 6.45) is 6.63. The smallest absolute Gasteiger partial charge is 0.354 e. The first-order chi connectivity index (χ1) is 12.9. The van der Waals surface area contributed by atoms with Crippen LogP contribution in [-0.2, 0) is 19.1 Å². The zero-order valence-corrected chi connectivity index (χ0v) is 16.0. The number of carbonyl (C=O) groups excluding carboxylic acids is 2. The van der Waals surface area contributed by atoms with Crippen molar-refractivity contribution in [1.82, 2.24) is 0 Å². The second-order valence-corrected chi connectivity index (χ2v) is 7.42. The maximum Gasteiger partial charge on any atom is 0.354 e. The fourth-order valence-electron chi connectivity index (χ4n) is 2.79. The summed E-state index contributed by atoms with van der Waals surface area (Å²) in [4.78, 5) is 34.9. The number of non-ortho nitro benzene ring substituents is 1. The van der Waals surface area contributed by atoms with Crippen LogP contribution in [0.5, 0.6) is 0 Å². The van der Waals surface area contributed by atoms with Crippen molar-refractivity contribution in [2.24, 2.45) is 0 Å². The monoisotopic (exact) mass is 394 g/mol. The number of hydrogen-bond acceptors (Lipinski definition) is 8. The minimum atomic E-state index is -0.784. The number of hydrogen-bond donors (Lipinski definition) is 1. The maximum atomic E-state index is 11.9. The summed E-state index contributed by atoms with van der Waals surface area (Å²) < 4.78 is 9.17. The number of nitro benzene ring substituents is 1. The van der Waals surface area contributed by atoms with Gasteiger partial charge in [0.1, 0.15) is 5.70 Å². The molecule has 146 valence electrons. The van der Waals surface area contributed by atoms with E-state index in [2.05, 4.69) is 14.8 Å². The van der Waals surface area contributed by atoms with E-state index < -0.39 is 16.9 Å². The molecule has 1 aliphatic carbocycles. The normalized spacial score (nSPS) is 15.1. The molecule has 1 fully saturated rings. The lowest BCUT2D eigenvalue weighted by molar-refractivity contribution is -0.385. The molecule has 1 aromatic rings. The van der Waals surface area contributed by atoms with Crippen molar-refractivity contribution >= 4 is 35.1 Å². The third-order valence-corrected chi connectivity index (χ3v) is 5.42. The Morgan fingerprint density at radius 1 is 1.19 bits per heavy atom. The summed E-state index contributed by atoms with van der Waals surface area (Å²) in [5.74, 6) is -1.53. The molecule has 27 heavy (non-hydrogen) atoms. The quantitative estimate of drug-likeness (QED) is 0.323. The van der Waals surface area contributed by atoms with E-state index >= 15 is 0 Å². The molecule has 1 aromatic carbocycles. The molecule has 0 saturated heterocycles. The Balaban J connectivity index is 2.30. The van der Waals surface area contributed by atoms with Gasteiger partial charge in [0.05, 0.1) is 25.2 Å². The Bertz CT molecular complexity index is 743. The van der Waals surface area contributed by atoms with Gasteiger partial charge in [-0.3, -0.25) is 10.1 Å². The molecule has 1 aliphatic rings. The molecule has 1 N–H and O–H groups in total. The summed E-state index contributed by atoms with van der Waals surface area (Å²) in [5.41, 5.74) is 0.0575. The van der Waals surface area contributed by atoms with Crippen molar-refractivity contribution in [2.45, 2.75) is 42.2 Å². The molecule has 1 saturated carbocycles. The van der Waals surface area contributed by atoms with E-state index in [4.69, 9.17) is 0 Å². The summed E-state index contributed by atoms with van der Waals surface area (Å²) in [5, 5.41) is 14.4. The first-order valence-electron chi connectivity index (χ1n) is 8.54. The molecule has 0 heterocycles. The summed E-state index contributed by atoms with van der Waals surface area (Å²) in [7, 11) is 2.35. The van der Waals surface area contributed by atoms with Crippen molar-refractivity contribution in [3.05, 3.63) is 40.1 Å². The van der Waals surface area contributed by atoms with Crippen LogP contribution in [0.15, 0.2) is 34.9 Å². The molecule has 0 radical (unpaired) electrons. The van der Waals surface area contributed by atoms with Crippen LogP contribution >= 0.6 is 11.8 Å². The Morgan fingerprint density at radius 2 is 1.89 bits per heavy atom. The second kappa shape index (κ2) is 9.96. The van der Waals surface area contributed by atoms with Crippen LogP contribution in [0.4, 0.5) is 11.4 Å². The van der Waals surface area contributed by atoms with E-state index in [9.17, 15) is 19.7 Å². The van der Waals surface area contributed by atoms with Crippen LogP contribution in [-0.4, -0.2) is 36.3 Å². The van der Waals surface area contributed by atoms with Crippen LogP contribution < -0.4 is 5.32 Å². The molecular weight excluding hydrogens is 372 g/mol. The topological polar surface area (TPSA) is 108 Å². The van der Waals surface area contributed by atoms with Crippen LogP contribution in [0.2, 0.25) is 0 Å². The highest BCUT2D eigenvalue weighted by atomic mass is 32.2. The van der Waals surface area contributed by atoms with Gasteiger partial charge >= 0.3 is 11.9 Å². The molecule has 0 spiro atoms. The first kappa shape index (κ1) is 20.8. The van der Waals surface area contributed by atoms with E-state index in [0.717, 1.165) is 36.7 Å². The van der Waals surface area contributed by atoms with Crippen molar-refractivity contribution in [2.75, 3.05) is 19.5 Å². The molecule has 8 nitrogen and oxygen atoms in total. The zero-order valence-electron chi connectivity index (χ0n) is 15.2. The molecule has 0 bridgehead atoms. The highest BCUT2D eigenvalue weighted by Crippen LogP contribution is 2.36. The van der Waals surface area contributed by atoms with Crippen molar-refractivity contribution < 1.29 is 24.0 Å². The van der Waals surface area contributed by atoms with Gasteiger partial charge in [-0.05, 0) is 18.9 Å². The fourth-order valence-corrected chi connectivity index (χ4v) is 4.13. The summed E-state index contributed by atoms with van der Waals surface area (Å²) >= 11 is 1.60. The van der Waals surface area contributed by atoms with E-state index in [1.807, 2.05) is 0 Å². The third-order valence-electron chi connectivity index (χ3n) is 4.10. The van der Waals surface area contributed by atoms with Gasteiger partial charge in [-0.2, -0.15) is 0 Å². The standard InChI is InChI=1S/C18H22N2O6S/c1-25-17(21)11-16(18(22)26-2)19-12-8-13(20(23)24)10-15(9-12)27-14-6-4-3-5-7-14/h8-11,14,19H,3-7H2,1-2H3/b16-11+. The Hall–Kier alpha value is -2.55. The van der Waals surface area contributed by atoms with Gasteiger partial charge in [-0.15, -0.1) is 11.8 Å². The molecule has 2 rings (SSSR count). The third kappa shape index (κ3) is 6.28. The van der Waals surface area contributed by atoms with Crippen molar-refractivity contribution in [3.63, 3.8) is 0 Å². The largest absolute Gasteiger partial charge is 0.466 e. The van der Waals surface area contributed by atoms with Crippen LogP contribution in [0.3, 0.4) is 0 Å².